The summed E-state index contributed by atoms with van der Waals surface area (Å²) in [5.41, 5.74) is 0.781. The number of benzene rings is 1. The molecule has 3 rings (SSSR count). The van der Waals surface area contributed by atoms with Crippen molar-refractivity contribution in [3.05, 3.63) is 35.6 Å². The first-order valence-electron chi connectivity index (χ1n) is 9.72. The lowest BCUT2D eigenvalue weighted by atomic mass is 9.98. The highest BCUT2D eigenvalue weighted by Gasteiger charge is 2.50. The van der Waals surface area contributed by atoms with Gasteiger partial charge in [-0.3, -0.25) is 19.4 Å². The quantitative estimate of drug-likeness (QED) is 0.535. The fourth-order valence-corrected chi connectivity index (χ4v) is 4.12. The second-order valence-corrected chi connectivity index (χ2v) is 7.32. The molecule has 7 nitrogen and oxygen atoms in total. The van der Waals surface area contributed by atoms with E-state index in [1.165, 1.54) is 27.1 Å². The number of carbonyl (C=O) groups is 3. The van der Waals surface area contributed by atoms with Gasteiger partial charge in [0.1, 0.15) is 18.0 Å². The van der Waals surface area contributed by atoms with Crippen LogP contribution in [0.4, 0.5) is 4.39 Å². The van der Waals surface area contributed by atoms with Gasteiger partial charge in [0.25, 0.3) is 0 Å². The summed E-state index contributed by atoms with van der Waals surface area (Å²) in [5, 5.41) is 2.94. The Kier molecular flexibility index (Phi) is 6.18. The van der Waals surface area contributed by atoms with Gasteiger partial charge in [0.05, 0.1) is 25.7 Å². The van der Waals surface area contributed by atoms with Crippen LogP contribution in [0.2, 0.25) is 0 Å². The fraction of sp³-hybridized carbons (Fsp3) is 0.476. The molecule has 2 heterocycles. The summed E-state index contributed by atoms with van der Waals surface area (Å²) in [6.07, 6.45) is 6.63. The monoisotopic (exact) mass is 400 g/mol. The molecule has 3 amide bonds. The van der Waals surface area contributed by atoms with Gasteiger partial charge in [0.2, 0.25) is 18.2 Å². The van der Waals surface area contributed by atoms with Crippen molar-refractivity contribution in [1.29, 1.82) is 0 Å². The van der Waals surface area contributed by atoms with Crippen LogP contribution in [0.1, 0.15) is 38.3 Å². The van der Waals surface area contributed by atoms with Crippen molar-refractivity contribution >= 4 is 18.2 Å². The van der Waals surface area contributed by atoms with E-state index >= 15 is 0 Å². The molecule has 0 aromatic heterocycles. The Balaban J connectivity index is 1.97. The first-order valence-corrected chi connectivity index (χ1v) is 9.72. The average Bonchev–Trinajstić information content (AvgIpc) is 2.70. The minimum absolute atomic E-state index is 0.0412. The molecule has 2 aliphatic rings. The summed E-state index contributed by atoms with van der Waals surface area (Å²) < 4.78 is 13.3. The number of hydrogen-bond acceptors (Lipinski definition) is 4. The summed E-state index contributed by atoms with van der Waals surface area (Å²) >= 11 is 0. The van der Waals surface area contributed by atoms with Crippen LogP contribution in [0.5, 0.6) is 0 Å². The van der Waals surface area contributed by atoms with Crippen LogP contribution in [0, 0.1) is 18.2 Å². The van der Waals surface area contributed by atoms with E-state index in [4.69, 9.17) is 6.42 Å². The summed E-state index contributed by atoms with van der Waals surface area (Å²) in [7, 11) is 0. The minimum atomic E-state index is -0.649. The van der Waals surface area contributed by atoms with Gasteiger partial charge < -0.3 is 9.80 Å². The first kappa shape index (κ1) is 20.8. The molecule has 0 radical (unpaired) electrons. The van der Waals surface area contributed by atoms with Crippen molar-refractivity contribution in [3.63, 3.8) is 0 Å². The second-order valence-electron chi connectivity index (χ2n) is 7.32. The van der Waals surface area contributed by atoms with E-state index in [1.54, 1.807) is 17.0 Å². The average molecular weight is 400 g/mol. The lowest BCUT2D eigenvalue weighted by molar-refractivity contribution is -0.200. The van der Waals surface area contributed by atoms with Crippen molar-refractivity contribution in [2.24, 2.45) is 0 Å². The van der Waals surface area contributed by atoms with Crippen LogP contribution in [0.15, 0.2) is 24.3 Å². The Hall–Kier alpha value is -2.92. The van der Waals surface area contributed by atoms with Crippen LogP contribution < -0.4 is 0 Å². The Bertz CT molecular complexity index is 822. The molecule has 3 atom stereocenters. The van der Waals surface area contributed by atoms with E-state index in [9.17, 15) is 18.8 Å². The van der Waals surface area contributed by atoms with Gasteiger partial charge in [-0.1, -0.05) is 31.4 Å². The van der Waals surface area contributed by atoms with Gasteiger partial charge in [-0.05, 0) is 31.0 Å². The summed E-state index contributed by atoms with van der Waals surface area (Å²) in [6.45, 7) is 4.04. The van der Waals surface area contributed by atoms with E-state index < -0.39 is 12.2 Å². The zero-order valence-corrected chi connectivity index (χ0v) is 16.6. The molecule has 0 bridgehead atoms. The predicted octanol–water partition coefficient (Wildman–Crippen LogP) is 1.37. The molecule has 2 aliphatic heterocycles. The molecular formula is C21H25FN4O3. The molecule has 29 heavy (non-hydrogen) atoms. The maximum Gasteiger partial charge on any atom is 0.246 e. The molecule has 2 fully saturated rings. The van der Waals surface area contributed by atoms with Crippen LogP contribution in [-0.4, -0.2) is 69.9 Å². The lowest BCUT2D eigenvalue weighted by Gasteiger charge is -2.55. The number of terminal acetylenes is 1. The molecule has 1 aromatic carbocycles. The largest absolute Gasteiger partial charge is 0.330 e. The molecule has 8 heteroatoms. The summed E-state index contributed by atoms with van der Waals surface area (Å²) in [5.74, 6) is 1.73. The second kappa shape index (κ2) is 8.62. The van der Waals surface area contributed by atoms with Crippen molar-refractivity contribution in [3.8, 4) is 12.3 Å². The lowest BCUT2D eigenvalue weighted by Crippen LogP contribution is -2.74. The number of nitrogens with zero attached hydrogens (tertiary/aromatic N) is 4. The van der Waals surface area contributed by atoms with Crippen LogP contribution >= 0.6 is 0 Å². The third-order valence-electron chi connectivity index (χ3n) is 5.59. The summed E-state index contributed by atoms with van der Waals surface area (Å²) in [6, 6.07) is 5.01. The van der Waals surface area contributed by atoms with Gasteiger partial charge in [0.15, 0.2) is 0 Å². The predicted molar refractivity (Wildman–Crippen MR) is 104 cm³/mol. The number of rotatable bonds is 6. The highest BCUT2D eigenvalue weighted by molar-refractivity contribution is 5.91. The Morgan fingerprint density at radius 2 is 2.00 bits per heavy atom. The van der Waals surface area contributed by atoms with Crippen molar-refractivity contribution in [1.82, 2.24) is 19.8 Å². The van der Waals surface area contributed by atoms with Crippen LogP contribution in [-0.2, 0) is 14.4 Å². The highest BCUT2D eigenvalue weighted by atomic mass is 19.1. The van der Waals surface area contributed by atoms with Gasteiger partial charge >= 0.3 is 0 Å². The molecular weight excluding hydrogens is 375 g/mol. The van der Waals surface area contributed by atoms with Crippen molar-refractivity contribution in [2.75, 3.05) is 19.6 Å². The topological polar surface area (TPSA) is 64.2 Å². The van der Waals surface area contributed by atoms with Crippen LogP contribution in [0.25, 0.3) is 0 Å². The van der Waals surface area contributed by atoms with E-state index in [1.807, 2.05) is 13.8 Å². The van der Waals surface area contributed by atoms with Gasteiger partial charge in [-0.2, -0.15) is 5.01 Å². The molecule has 2 saturated heterocycles. The van der Waals surface area contributed by atoms with Crippen LogP contribution in [0.3, 0.4) is 0 Å². The number of hydrazine groups is 1. The van der Waals surface area contributed by atoms with Crippen molar-refractivity contribution in [2.45, 2.75) is 44.9 Å². The maximum atomic E-state index is 13.3. The number of hydrogen-bond donors (Lipinski definition) is 0. The Morgan fingerprint density at radius 1 is 1.31 bits per heavy atom. The smallest absolute Gasteiger partial charge is 0.246 e. The highest BCUT2D eigenvalue weighted by Crippen LogP contribution is 2.32. The maximum absolute atomic E-state index is 13.3. The Labute approximate surface area is 170 Å². The number of halogens is 1. The minimum Gasteiger partial charge on any atom is -0.330 e. The van der Waals surface area contributed by atoms with Gasteiger partial charge in [-0.25, -0.2) is 4.39 Å². The third-order valence-corrected chi connectivity index (χ3v) is 5.59. The molecule has 0 aliphatic carbocycles. The van der Waals surface area contributed by atoms with E-state index in [0.29, 0.717) is 19.3 Å². The molecule has 154 valence electrons. The summed E-state index contributed by atoms with van der Waals surface area (Å²) in [4.78, 5) is 41.2. The van der Waals surface area contributed by atoms with Gasteiger partial charge in [0, 0.05) is 0 Å². The van der Waals surface area contributed by atoms with E-state index in [2.05, 4.69) is 5.92 Å². The first-order chi connectivity index (χ1) is 13.9. The number of piperazine rings is 1. The number of fused-ring (bicyclic) bond motifs is 1. The van der Waals surface area contributed by atoms with E-state index in [0.717, 1.165) is 5.56 Å². The molecule has 0 N–H and O–H groups in total. The number of carbonyl (C=O) groups excluding carboxylic acids is 3. The number of amides is 3. The zero-order chi connectivity index (χ0) is 21.1. The molecule has 1 aromatic rings. The van der Waals surface area contributed by atoms with Crippen molar-refractivity contribution < 1.29 is 18.8 Å². The fourth-order valence-electron chi connectivity index (χ4n) is 4.12. The normalized spacial score (nSPS) is 23.6. The molecule has 2 unspecified atom stereocenters. The zero-order valence-electron chi connectivity index (χ0n) is 16.6. The Morgan fingerprint density at radius 3 is 2.59 bits per heavy atom. The standard InChI is InChI=1S/C21H25FN4O3/c1-4-6-18-21(29)24(15(3)16-7-9-17(22)10-8-16)12-19-25(14-27)23(11-5-2)13-20(28)26(18)19/h2,7-10,14-15,18-19H,4,6,11-13H2,1,3H3/t15?,18-,19?/m0/s1. The SMILES string of the molecule is C#CCN1CC(=O)N2C(CN(C(C)c3ccc(F)cc3)C(=O)[C@@H]2CCC)N1C=O. The van der Waals surface area contributed by atoms with E-state index in [-0.39, 0.29) is 43.3 Å². The molecule has 0 spiro atoms. The molecule has 0 saturated carbocycles. The van der Waals surface area contributed by atoms with Gasteiger partial charge in [-0.15, -0.1) is 6.42 Å². The third kappa shape index (κ3) is 3.83.